The van der Waals surface area contributed by atoms with E-state index in [4.69, 9.17) is 11.6 Å². The molecule has 0 radical (unpaired) electrons. The van der Waals surface area contributed by atoms with Crippen LogP contribution < -0.4 is 5.32 Å². The van der Waals surface area contributed by atoms with Crippen LogP contribution in [0.3, 0.4) is 0 Å². The Morgan fingerprint density at radius 1 is 1.22 bits per heavy atom. The lowest BCUT2D eigenvalue weighted by Gasteiger charge is -2.13. The van der Waals surface area contributed by atoms with Gasteiger partial charge in [0.2, 0.25) is 0 Å². The van der Waals surface area contributed by atoms with Gasteiger partial charge >= 0.3 is 0 Å². The van der Waals surface area contributed by atoms with Crippen molar-refractivity contribution < 1.29 is 8.42 Å². The Balaban J connectivity index is 1.93. The summed E-state index contributed by atoms with van der Waals surface area (Å²) in [6.45, 7) is 1.02. The lowest BCUT2D eigenvalue weighted by Crippen LogP contribution is -2.13. The number of nitrogens with one attached hydrogen (secondary N) is 1. The highest BCUT2D eigenvalue weighted by Crippen LogP contribution is 2.37. The highest BCUT2D eigenvalue weighted by atomic mass is 35.5. The first-order valence-corrected chi connectivity index (χ1v) is 8.28. The number of sulfone groups is 1. The molecule has 2 fully saturated rings. The van der Waals surface area contributed by atoms with Crippen molar-refractivity contribution in [3.63, 3.8) is 0 Å². The van der Waals surface area contributed by atoms with Gasteiger partial charge in [0.1, 0.15) is 0 Å². The van der Waals surface area contributed by atoms with Gasteiger partial charge in [-0.2, -0.15) is 0 Å². The van der Waals surface area contributed by atoms with E-state index in [9.17, 15) is 8.42 Å². The smallest absolute Gasteiger partial charge is 0.182 e. The van der Waals surface area contributed by atoms with Crippen molar-refractivity contribution in [2.45, 2.75) is 41.9 Å². The van der Waals surface area contributed by atoms with Crippen LogP contribution in [0.5, 0.6) is 0 Å². The van der Waals surface area contributed by atoms with Crippen molar-refractivity contribution in [1.29, 1.82) is 0 Å². The third kappa shape index (κ3) is 2.17. The number of hydrogen-bond acceptors (Lipinski definition) is 3. The Morgan fingerprint density at radius 2 is 2.00 bits per heavy atom. The summed E-state index contributed by atoms with van der Waals surface area (Å²) in [6, 6.07) is 5.69. The number of hydrogen-bond donors (Lipinski definition) is 1. The molecule has 1 N–H and O–H groups in total. The highest BCUT2D eigenvalue weighted by Gasteiger charge is 2.38. The molecule has 5 heteroatoms. The lowest BCUT2D eigenvalue weighted by molar-refractivity contribution is 0.594. The van der Waals surface area contributed by atoms with Gasteiger partial charge in [-0.3, -0.25) is 0 Å². The van der Waals surface area contributed by atoms with Crippen LogP contribution in [0.1, 0.15) is 37.3 Å². The Kier molecular flexibility index (Phi) is 3.12. The molecule has 0 aromatic heterocycles. The van der Waals surface area contributed by atoms with Gasteiger partial charge in [-0.25, -0.2) is 8.42 Å². The zero-order valence-electron chi connectivity index (χ0n) is 10.0. The molecule has 1 saturated heterocycles. The molecule has 1 heterocycles. The fourth-order valence-electron chi connectivity index (χ4n) is 2.49. The van der Waals surface area contributed by atoms with Gasteiger partial charge in [-0.15, -0.1) is 0 Å². The number of benzene rings is 1. The summed E-state index contributed by atoms with van der Waals surface area (Å²) in [5.41, 5.74) is 1.09. The first-order chi connectivity index (χ1) is 8.59. The van der Waals surface area contributed by atoms with Crippen LogP contribution in [0, 0.1) is 0 Å². The third-order valence-corrected chi connectivity index (χ3v) is 6.43. The van der Waals surface area contributed by atoms with Gasteiger partial charge in [0, 0.05) is 6.04 Å². The molecule has 0 amide bonds. The van der Waals surface area contributed by atoms with E-state index in [-0.39, 0.29) is 5.25 Å². The Bertz CT molecular complexity index is 560. The molecule has 1 unspecified atom stereocenters. The largest absolute Gasteiger partial charge is 0.310 e. The fourth-order valence-corrected chi connectivity index (χ4v) is 4.71. The first kappa shape index (κ1) is 12.5. The van der Waals surface area contributed by atoms with Crippen molar-refractivity contribution in [2.75, 3.05) is 6.54 Å². The molecule has 1 saturated carbocycles. The summed E-state index contributed by atoms with van der Waals surface area (Å²) in [4.78, 5) is 0.299. The molecule has 2 aliphatic rings. The van der Waals surface area contributed by atoms with Gasteiger partial charge < -0.3 is 5.32 Å². The van der Waals surface area contributed by atoms with Gasteiger partial charge in [0.05, 0.1) is 15.2 Å². The van der Waals surface area contributed by atoms with E-state index in [2.05, 4.69) is 5.32 Å². The first-order valence-electron chi connectivity index (χ1n) is 6.36. The average molecular weight is 286 g/mol. The van der Waals surface area contributed by atoms with E-state index in [0.717, 1.165) is 37.8 Å². The van der Waals surface area contributed by atoms with E-state index in [1.54, 1.807) is 12.1 Å². The average Bonchev–Trinajstić information content (AvgIpc) is 3.06. The minimum atomic E-state index is -3.19. The molecular weight excluding hydrogens is 270 g/mol. The quantitative estimate of drug-likeness (QED) is 0.929. The lowest BCUT2D eigenvalue weighted by atomic mass is 10.1. The zero-order valence-corrected chi connectivity index (χ0v) is 11.6. The van der Waals surface area contributed by atoms with Crippen LogP contribution in [-0.4, -0.2) is 20.2 Å². The third-order valence-electron chi connectivity index (χ3n) is 3.69. The molecular formula is C13H16ClNO2S. The van der Waals surface area contributed by atoms with Crippen molar-refractivity contribution in [1.82, 2.24) is 5.32 Å². The molecule has 3 nitrogen and oxygen atoms in total. The van der Waals surface area contributed by atoms with Crippen LogP contribution in [-0.2, 0) is 9.84 Å². The summed E-state index contributed by atoms with van der Waals surface area (Å²) < 4.78 is 24.3. The summed E-state index contributed by atoms with van der Waals surface area (Å²) >= 11 is 6.16. The van der Waals surface area contributed by atoms with Crippen LogP contribution in [0.4, 0.5) is 0 Å². The molecule has 1 aromatic carbocycles. The molecule has 18 heavy (non-hydrogen) atoms. The van der Waals surface area contributed by atoms with E-state index in [1.165, 1.54) is 0 Å². The monoisotopic (exact) mass is 285 g/mol. The molecule has 1 aliphatic heterocycles. The van der Waals surface area contributed by atoms with Crippen molar-refractivity contribution in [3.05, 3.63) is 28.8 Å². The summed E-state index contributed by atoms with van der Waals surface area (Å²) in [6.07, 6.45) is 3.78. The SMILES string of the molecule is O=S(=O)(c1ccc(C2CCCN2)cc1Cl)C1CC1. The second-order valence-corrected chi connectivity index (χ2v) is 7.69. The van der Waals surface area contributed by atoms with Crippen molar-refractivity contribution in [3.8, 4) is 0 Å². The molecule has 1 aromatic rings. The molecule has 98 valence electrons. The fraction of sp³-hybridized carbons (Fsp3) is 0.538. The summed E-state index contributed by atoms with van der Waals surface area (Å²) in [7, 11) is -3.19. The maximum absolute atomic E-state index is 12.1. The second-order valence-electron chi connectivity index (χ2n) is 5.08. The van der Waals surface area contributed by atoms with E-state index in [0.29, 0.717) is 16.0 Å². The maximum Gasteiger partial charge on any atom is 0.182 e. The molecule has 0 spiro atoms. The molecule has 1 aliphatic carbocycles. The van der Waals surface area contributed by atoms with Crippen LogP contribution in [0.15, 0.2) is 23.1 Å². The van der Waals surface area contributed by atoms with E-state index >= 15 is 0 Å². The molecule has 3 rings (SSSR count). The normalized spacial score (nSPS) is 24.4. The Hall–Kier alpha value is -0.580. The topological polar surface area (TPSA) is 46.2 Å². The van der Waals surface area contributed by atoms with Gasteiger partial charge in [-0.1, -0.05) is 17.7 Å². The number of rotatable bonds is 3. The van der Waals surface area contributed by atoms with Gasteiger partial charge in [0.25, 0.3) is 0 Å². The Morgan fingerprint density at radius 3 is 2.56 bits per heavy atom. The van der Waals surface area contributed by atoms with Crippen molar-refractivity contribution >= 4 is 21.4 Å². The van der Waals surface area contributed by atoms with Gasteiger partial charge in [-0.05, 0) is 49.9 Å². The zero-order chi connectivity index (χ0) is 12.8. The Labute approximate surface area is 112 Å². The predicted molar refractivity (Wildman–Crippen MR) is 71.6 cm³/mol. The second kappa shape index (κ2) is 4.51. The minimum absolute atomic E-state index is 0.203. The molecule has 1 atom stereocenters. The maximum atomic E-state index is 12.1. The van der Waals surface area contributed by atoms with Crippen LogP contribution in [0.25, 0.3) is 0 Å². The van der Waals surface area contributed by atoms with Crippen LogP contribution in [0.2, 0.25) is 5.02 Å². The van der Waals surface area contributed by atoms with Crippen molar-refractivity contribution in [2.24, 2.45) is 0 Å². The highest BCUT2D eigenvalue weighted by molar-refractivity contribution is 7.92. The van der Waals surface area contributed by atoms with E-state index < -0.39 is 9.84 Å². The molecule has 0 bridgehead atoms. The van der Waals surface area contributed by atoms with E-state index in [1.807, 2.05) is 6.07 Å². The standard InChI is InChI=1S/C13H16ClNO2S/c14-11-8-9(12-2-1-7-15-12)3-6-13(11)18(16,17)10-4-5-10/h3,6,8,10,12,15H,1-2,4-5,7H2. The van der Waals surface area contributed by atoms with Crippen LogP contribution >= 0.6 is 11.6 Å². The minimum Gasteiger partial charge on any atom is -0.310 e. The predicted octanol–water partition coefficient (Wildman–Crippen LogP) is 2.70. The number of halogens is 1. The van der Waals surface area contributed by atoms with Gasteiger partial charge in [0.15, 0.2) is 9.84 Å². The summed E-state index contributed by atoms with van der Waals surface area (Å²) in [5, 5.41) is 3.55. The summed E-state index contributed by atoms with van der Waals surface area (Å²) in [5.74, 6) is 0.